The number of nitrogens with one attached hydrogen (secondary N) is 1. The fourth-order valence-electron chi connectivity index (χ4n) is 1.81. The summed E-state index contributed by atoms with van der Waals surface area (Å²) in [6.07, 6.45) is 1.50. The highest BCUT2D eigenvalue weighted by Gasteiger charge is 2.11. The lowest BCUT2D eigenvalue weighted by Gasteiger charge is -2.11. The van der Waals surface area contributed by atoms with Crippen LogP contribution in [0.4, 0.5) is 0 Å². The Morgan fingerprint density at radius 1 is 1.25 bits per heavy atom. The molecule has 0 aliphatic rings. The van der Waals surface area contributed by atoms with Crippen molar-refractivity contribution in [2.75, 3.05) is 6.54 Å². The van der Waals surface area contributed by atoms with E-state index < -0.39 is 6.10 Å². The number of hydrogen-bond donors (Lipinski definition) is 2. The molecule has 104 valence electrons. The largest absolute Gasteiger partial charge is 0.388 e. The van der Waals surface area contributed by atoms with Crippen LogP contribution in [0.25, 0.3) is 0 Å². The van der Waals surface area contributed by atoms with Crippen LogP contribution in [0.15, 0.2) is 53.3 Å². The Labute approximate surface area is 126 Å². The molecule has 5 heteroatoms. The van der Waals surface area contributed by atoms with Crippen molar-refractivity contribution in [3.8, 4) is 0 Å². The van der Waals surface area contributed by atoms with E-state index in [-0.39, 0.29) is 5.91 Å². The van der Waals surface area contributed by atoms with E-state index in [4.69, 9.17) is 0 Å². The van der Waals surface area contributed by atoms with E-state index >= 15 is 0 Å². The average molecular weight is 335 g/mol. The number of carbonyl (C=O) groups is 1. The summed E-state index contributed by atoms with van der Waals surface area (Å²) in [5, 5.41) is 12.8. The van der Waals surface area contributed by atoms with Crippen molar-refractivity contribution in [2.45, 2.75) is 12.5 Å². The van der Waals surface area contributed by atoms with E-state index in [9.17, 15) is 9.90 Å². The average Bonchev–Trinajstić information content (AvgIpc) is 2.48. The molecule has 0 saturated carbocycles. The third-order valence-corrected chi connectivity index (χ3v) is 3.52. The minimum absolute atomic E-state index is 0.203. The van der Waals surface area contributed by atoms with Crippen LogP contribution in [0, 0.1) is 0 Å². The van der Waals surface area contributed by atoms with Crippen LogP contribution in [0.5, 0.6) is 0 Å². The number of benzene rings is 1. The molecule has 1 unspecified atom stereocenters. The molecule has 0 radical (unpaired) electrons. The van der Waals surface area contributed by atoms with E-state index in [1.807, 2.05) is 30.3 Å². The van der Waals surface area contributed by atoms with Crippen molar-refractivity contribution in [3.05, 3.63) is 64.4 Å². The fraction of sp³-hybridized carbons (Fsp3) is 0.200. The zero-order valence-electron chi connectivity index (χ0n) is 10.8. The van der Waals surface area contributed by atoms with E-state index in [1.165, 1.54) is 0 Å². The number of rotatable bonds is 5. The molecule has 1 aromatic heterocycles. The SMILES string of the molecule is O=C(NCCC(O)c1ccccc1)c1cccnc1Br. The van der Waals surface area contributed by atoms with E-state index in [2.05, 4.69) is 26.2 Å². The number of hydrogen-bond acceptors (Lipinski definition) is 3. The molecule has 20 heavy (non-hydrogen) atoms. The van der Waals surface area contributed by atoms with Crippen LogP contribution in [0.1, 0.15) is 28.4 Å². The summed E-state index contributed by atoms with van der Waals surface area (Å²) in [6, 6.07) is 12.8. The Hall–Kier alpha value is -1.72. The number of aliphatic hydroxyl groups excluding tert-OH is 1. The summed E-state index contributed by atoms with van der Waals surface area (Å²) in [5.41, 5.74) is 1.34. The second-order valence-corrected chi connectivity index (χ2v) is 5.06. The molecular weight excluding hydrogens is 320 g/mol. The van der Waals surface area contributed by atoms with Gasteiger partial charge in [0.2, 0.25) is 0 Å². The molecule has 0 spiro atoms. The van der Waals surface area contributed by atoms with Crippen molar-refractivity contribution < 1.29 is 9.90 Å². The molecule has 1 aromatic carbocycles. The van der Waals surface area contributed by atoms with E-state index in [1.54, 1.807) is 18.3 Å². The van der Waals surface area contributed by atoms with Crippen LogP contribution in [-0.4, -0.2) is 22.5 Å². The van der Waals surface area contributed by atoms with E-state index in [0.29, 0.717) is 23.1 Å². The van der Waals surface area contributed by atoms with Crippen molar-refractivity contribution in [1.82, 2.24) is 10.3 Å². The number of aliphatic hydroxyl groups is 1. The summed E-state index contributed by atoms with van der Waals surface area (Å²) in [6.45, 7) is 0.399. The zero-order valence-corrected chi connectivity index (χ0v) is 12.4. The maximum atomic E-state index is 11.9. The summed E-state index contributed by atoms with van der Waals surface area (Å²) in [4.78, 5) is 15.9. The maximum Gasteiger partial charge on any atom is 0.254 e. The molecule has 2 rings (SSSR count). The minimum Gasteiger partial charge on any atom is -0.388 e. The number of carbonyl (C=O) groups excluding carboxylic acids is 1. The van der Waals surface area contributed by atoms with Crippen LogP contribution < -0.4 is 5.32 Å². The third kappa shape index (κ3) is 3.88. The van der Waals surface area contributed by atoms with Crippen LogP contribution in [0.2, 0.25) is 0 Å². The Morgan fingerprint density at radius 3 is 2.70 bits per heavy atom. The molecule has 0 fully saturated rings. The number of aromatic nitrogens is 1. The number of halogens is 1. The second-order valence-electron chi connectivity index (χ2n) is 4.31. The van der Waals surface area contributed by atoms with Gasteiger partial charge in [-0.25, -0.2) is 4.98 Å². The Kier molecular flexibility index (Phi) is 5.26. The molecule has 2 aromatic rings. The van der Waals surface area contributed by atoms with Crippen LogP contribution in [0.3, 0.4) is 0 Å². The number of pyridine rings is 1. The Morgan fingerprint density at radius 2 is 2.00 bits per heavy atom. The highest BCUT2D eigenvalue weighted by Crippen LogP contribution is 2.15. The molecule has 1 atom stereocenters. The first-order valence-electron chi connectivity index (χ1n) is 6.30. The van der Waals surface area contributed by atoms with Gasteiger partial charge in [0, 0.05) is 12.7 Å². The first-order valence-corrected chi connectivity index (χ1v) is 7.09. The van der Waals surface area contributed by atoms with Gasteiger partial charge in [0.1, 0.15) is 4.60 Å². The smallest absolute Gasteiger partial charge is 0.254 e. The predicted molar refractivity (Wildman–Crippen MR) is 80.3 cm³/mol. The summed E-state index contributed by atoms with van der Waals surface area (Å²) < 4.78 is 0.515. The number of amides is 1. The second kappa shape index (κ2) is 7.17. The summed E-state index contributed by atoms with van der Waals surface area (Å²) in [7, 11) is 0. The molecule has 1 amide bonds. The van der Waals surface area contributed by atoms with Gasteiger partial charge < -0.3 is 10.4 Å². The third-order valence-electron chi connectivity index (χ3n) is 2.89. The molecule has 4 nitrogen and oxygen atoms in total. The van der Waals surface area contributed by atoms with Crippen molar-refractivity contribution >= 4 is 21.8 Å². The van der Waals surface area contributed by atoms with Gasteiger partial charge in [-0.2, -0.15) is 0 Å². The van der Waals surface area contributed by atoms with Gasteiger partial charge >= 0.3 is 0 Å². The standard InChI is InChI=1S/C15H15BrN2O2/c16-14-12(7-4-9-17-14)15(20)18-10-8-13(19)11-5-2-1-3-6-11/h1-7,9,13,19H,8,10H2,(H,18,20). The van der Waals surface area contributed by atoms with Gasteiger partial charge in [0.15, 0.2) is 0 Å². The lowest BCUT2D eigenvalue weighted by molar-refractivity contribution is 0.0941. The molecule has 0 bridgehead atoms. The maximum absolute atomic E-state index is 11.9. The topological polar surface area (TPSA) is 62.2 Å². The molecule has 0 aliphatic carbocycles. The first kappa shape index (κ1) is 14.7. The zero-order chi connectivity index (χ0) is 14.4. The highest BCUT2D eigenvalue weighted by atomic mass is 79.9. The van der Waals surface area contributed by atoms with Crippen LogP contribution in [-0.2, 0) is 0 Å². The summed E-state index contributed by atoms with van der Waals surface area (Å²) in [5.74, 6) is -0.203. The van der Waals surface area contributed by atoms with Gasteiger partial charge in [0.25, 0.3) is 5.91 Å². The van der Waals surface area contributed by atoms with Crippen molar-refractivity contribution in [3.63, 3.8) is 0 Å². The lowest BCUT2D eigenvalue weighted by atomic mass is 10.1. The first-order chi connectivity index (χ1) is 9.68. The summed E-state index contributed by atoms with van der Waals surface area (Å²) >= 11 is 3.23. The lowest BCUT2D eigenvalue weighted by Crippen LogP contribution is -2.26. The quantitative estimate of drug-likeness (QED) is 0.826. The monoisotopic (exact) mass is 334 g/mol. The number of nitrogens with zero attached hydrogens (tertiary/aromatic N) is 1. The van der Waals surface area contributed by atoms with Crippen molar-refractivity contribution in [1.29, 1.82) is 0 Å². The molecule has 0 aliphatic heterocycles. The van der Waals surface area contributed by atoms with Gasteiger partial charge in [-0.1, -0.05) is 30.3 Å². The molecule has 2 N–H and O–H groups in total. The van der Waals surface area contributed by atoms with Gasteiger partial charge in [-0.05, 0) is 40.0 Å². The highest BCUT2D eigenvalue weighted by molar-refractivity contribution is 9.10. The van der Waals surface area contributed by atoms with Gasteiger partial charge in [-0.15, -0.1) is 0 Å². The van der Waals surface area contributed by atoms with Crippen LogP contribution >= 0.6 is 15.9 Å². The van der Waals surface area contributed by atoms with Crippen molar-refractivity contribution in [2.24, 2.45) is 0 Å². The van der Waals surface area contributed by atoms with Gasteiger partial charge in [0.05, 0.1) is 11.7 Å². The Balaban J connectivity index is 1.84. The fourth-order valence-corrected chi connectivity index (χ4v) is 2.25. The predicted octanol–water partition coefficient (Wildman–Crippen LogP) is 2.70. The van der Waals surface area contributed by atoms with Gasteiger partial charge in [-0.3, -0.25) is 4.79 Å². The molecule has 0 saturated heterocycles. The van der Waals surface area contributed by atoms with E-state index in [0.717, 1.165) is 5.56 Å². The minimum atomic E-state index is -0.575. The normalized spacial score (nSPS) is 11.9. The Bertz CT molecular complexity index is 575. The molecular formula is C15H15BrN2O2. The molecule has 1 heterocycles.